The van der Waals surface area contributed by atoms with Gasteiger partial charge in [-0.2, -0.15) is 0 Å². The van der Waals surface area contributed by atoms with E-state index < -0.39 is 6.10 Å². The Morgan fingerprint density at radius 2 is 0.600 bits per heavy atom. The van der Waals surface area contributed by atoms with Gasteiger partial charge in [-0.25, -0.2) is 0 Å². The van der Waals surface area contributed by atoms with Gasteiger partial charge < -0.3 is 14.2 Å². The zero-order valence-electron chi connectivity index (χ0n) is 42.7. The number of unbranched alkanes of at least 4 members (excludes halogenated alkanes) is 26. The summed E-state index contributed by atoms with van der Waals surface area (Å²) in [6.07, 6.45) is 67.9. The molecule has 0 saturated carbocycles. The highest BCUT2D eigenvalue weighted by Gasteiger charge is 2.19. The minimum Gasteiger partial charge on any atom is -0.462 e. The molecule has 374 valence electrons. The van der Waals surface area contributed by atoms with Crippen molar-refractivity contribution < 1.29 is 28.6 Å². The summed E-state index contributed by atoms with van der Waals surface area (Å²) in [7, 11) is 0. The largest absolute Gasteiger partial charge is 0.462 e. The zero-order valence-corrected chi connectivity index (χ0v) is 42.7. The van der Waals surface area contributed by atoms with E-state index in [1.165, 1.54) is 122 Å². The fourth-order valence-electron chi connectivity index (χ4n) is 7.62. The van der Waals surface area contributed by atoms with Gasteiger partial charge >= 0.3 is 17.9 Å². The Bertz CT molecular complexity index is 1230. The number of carbonyl (C=O) groups is 3. The molecule has 0 radical (unpaired) electrons. The zero-order chi connectivity index (χ0) is 47.2. The van der Waals surface area contributed by atoms with Crippen molar-refractivity contribution in [3.05, 3.63) is 72.9 Å². The van der Waals surface area contributed by atoms with E-state index in [0.29, 0.717) is 19.3 Å². The normalized spacial score (nSPS) is 12.6. The maximum atomic E-state index is 12.7. The highest BCUT2D eigenvalue weighted by molar-refractivity contribution is 5.71. The van der Waals surface area contributed by atoms with Crippen molar-refractivity contribution in [2.24, 2.45) is 0 Å². The second-order valence-electron chi connectivity index (χ2n) is 18.1. The Kier molecular flexibility index (Phi) is 50.9. The summed E-state index contributed by atoms with van der Waals surface area (Å²) < 4.78 is 16.7. The highest BCUT2D eigenvalue weighted by atomic mass is 16.6. The van der Waals surface area contributed by atoms with Crippen LogP contribution in [0.1, 0.15) is 265 Å². The number of esters is 3. The van der Waals surface area contributed by atoms with Crippen LogP contribution in [-0.2, 0) is 28.6 Å². The van der Waals surface area contributed by atoms with Crippen LogP contribution in [0.2, 0.25) is 0 Å². The Morgan fingerprint density at radius 1 is 0.323 bits per heavy atom. The van der Waals surface area contributed by atoms with Crippen LogP contribution in [0.15, 0.2) is 72.9 Å². The summed E-state index contributed by atoms with van der Waals surface area (Å²) in [4.78, 5) is 37.7. The lowest BCUT2D eigenvalue weighted by molar-refractivity contribution is -0.167. The topological polar surface area (TPSA) is 78.9 Å². The first-order valence-corrected chi connectivity index (χ1v) is 27.4. The molecule has 0 N–H and O–H groups in total. The van der Waals surface area contributed by atoms with Crippen molar-refractivity contribution in [1.29, 1.82) is 0 Å². The minimum atomic E-state index is -0.769. The average molecular weight is 907 g/mol. The smallest absolute Gasteiger partial charge is 0.306 e. The molecule has 1 unspecified atom stereocenters. The van der Waals surface area contributed by atoms with Crippen LogP contribution in [0.5, 0.6) is 0 Å². The molecule has 6 heteroatoms. The van der Waals surface area contributed by atoms with Crippen LogP contribution < -0.4 is 0 Å². The van der Waals surface area contributed by atoms with Crippen molar-refractivity contribution in [2.45, 2.75) is 271 Å². The first-order chi connectivity index (χ1) is 32.0. The molecule has 0 aromatic heterocycles. The summed E-state index contributed by atoms with van der Waals surface area (Å²) >= 11 is 0. The van der Waals surface area contributed by atoms with E-state index in [0.717, 1.165) is 103 Å². The molecule has 0 fully saturated rings. The number of allylic oxidation sites excluding steroid dienone is 12. The number of ether oxygens (including phenoxy) is 3. The molecule has 0 saturated heterocycles. The summed E-state index contributed by atoms with van der Waals surface area (Å²) in [5.74, 6) is -0.887. The standard InChI is InChI=1S/C59H102O6/c1-4-7-10-13-15-17-19-21-22-23-24-25-26-27-28-29-30-31-32-33-34-35-36-38-39-41-43-46-49-52-58(61)64-55-56(54-63-57(60)51-48-45-12-9-6-3)65-59(62)53-50-47-44-42-40-37-20-18-16-14-11-8-5-2/h7,10,15,17,21-22,24-25,27-28,30-31,56H,4-6,8-9,11-14,16,18-20,23,26,29,32-55H2,1-3H3/b10-7-,17-15-,22-21-,25-24-,28-27-,31-30-. The third-order valence-electron chi connectivity index (χ3n) is 11.7. The number of rotatable bonds is 49. The summed E-state index contributed by atoms with van der Waals surface area (Å²) in [5.41, 5.74) is 0. The molecular formula is C59H102O6. The van der Waals surface area contributed by atoms with Gasteiger partial charge in [0, 0.05) is 19.3 Å². The van der Waals surface area contributed by atoms with E-state index in [4.69, 9.17) is 14.2 Å². The molecule has 0 heterocycles. The van der Waals surface area contributed by atoms with Gasteiger partial charge in [-0.05, 0) is 70.6 Å². The Morgan fingerprint density at radius 3 is 0.938 bits per heavy atom. The molecular weight excluding hydrogens is 805 g/mol. The lowest BCUT2D eigenvalue weighted by atomic mass is 10.0. The molecule has 0 aromatic carbocycles. The Hall–Kier alpha value is -3.15. The third kappa shape index (κ3) is 51.7. The maximum Gasteiger partial charge on any atom is 0.306 e. The molecule has 1 atom stereocenters. The first-order valence-electron chi connectivity index (χ1n) is 27.4. The first kappa shape index (κ1) is 61.9. The van der Waals surface area contributed by atoms with E-state index in [1.807, 2.05) is 0 Å². The van der Waals surface area contributed by atoms with Crippen molar-refractivity contribution in [3.8, 4) is 0 Å². The SMILES string of the molecule is CC/C=C\C/C=C\C/C=C\C/C=C\C/C=C\C/C=C\CCCCCCCCCCCCC(=O)OCC(COC(=O)CCCCCCC)OC(=O)CCCCCCCCCCCCCCC. The van der Waals surface area contributed by atoms with Gasteiger partial charge in [0.1, 0.15) is 13.2 Å². The van der Waals surface area contributed by atoms with Crippen molar-refractivity contribution in [2.75, 3.05) is 13.2 Å². The van der Waals surface area contributed by atoms with Crippen LogP contribution in [0, 0.1) is 0 Å². The summed E-state index contributed by atoms with van der Waals surface area (Å²) in [5, 5.41) is 0. The molecule has 0 aromatic rings. The molecule has 0 aliphatic rings. The molecule has 6 nitrogen and oxygen atoms in total. The van der Waals surface area contributed by atoms with Crippen LogP contribution in [0.25, 0.3) is 0 Å². The lowest BCUT2D eigenvalue weighted by Gasteiger charge is -2.18. The minimum absolute atomic E-state index is 0.0745. The van der Waals surface area contributed by atoms with Crippen LogP contribution in [0.4, 0.5) is 0 Å². The fourth-order valence-corrected chi connectivity index (χ4v) is 7.62. The van der Waals surface area contributed by atoms with E-state index in [1.54, 1.807) is 0 Å². The van der Waals surface area contributed by atoms with Gasteiger partial charge in [0.2, 0.25) is 0 Å². The predicted molar refractivity (Wildman–Crippen MR) is 279 cm³/mol. The number of hydrogen-bond donors (Lipinski definition) is 0. The van der Waals surface area contributed by atoms with Crippen LogP contribution >= 0.6 is 0 Å². The molecule has 0 rings (SSSR count). The Balaban J connectivity index is 4.04. The molecule has 0 spiro atoms. The summed E-state index contributed by atoms with van der Waals surface area (Å²) in [6.45, 7) is 6.44. The number of carbonyl (C=O) groups excluding carboxylic acids is 3. The van der Waals surface area contributed by atoms with Gasteiger partial charge in [-0.15, -0.1) is 0 Å². The van der Waals surface area contributed by atoms with Crippen molar-refractivity contribution in [3.63, 3.8) is 0 Å². The average Bonchev–Trinajstić information content (AvgIpc) is 3.30. The fraction of sp³-hybridized carbons (Fsp3) is 0.746. The van der Waals surface area contributed by atoms with Crippen LogP contribution in [0.3, 0.4) is 0 Å². The molecule has 0 amide bonds. The monoisotopic (exact) mass is 907 g/mol. The van der Waals surface area contributed by atoms with Gasteiger partial charge in [0.25, 0.3) is 0 Å². The molecule has 0 aliphatic carbocycles. The Labute approximate surface area is 402 Å². The second kappa shape index (κ2) is 53.5. The van der Waals surface area contributed by atoms with Crippen LogP contribution in [-0.4, -0.2) is 37.2 Å². The van der Waals surface area contributed by atoms with E-state index in [2.05, 4.69) is 93.7 Å². The second-order valence-corrected chi connectivity index (χ2v) is 18.1. The van der Waals surface area contributed by atoms with Gasteiger partial charge in [-0.3, -0.25) is 14.4 Å². The lowest BCUT2D eigenvalue weighted by Crippen LogP contribution is -2.30. The van der Waals surface area contributed by atoms with Gasteiger partial charge in [0.15, 0.2) is 6.10 Å². The summed E-state index contributed by atoms with van der Waals surface area (Å²) in [6, 6.07) is 0. The maximum absolute atomic E-state index is 12.7. The van der Waals surface area contributed by atoms with Gasteiger partial charge in [-0.1, -0.05) is 248 Å². The third-order valence-corrected chi connectivity index (χ3v) is 11.7. The number of hydrogen-bond acceptors (Lipinski definition) is 6. The predicted octanol–water partition coefficient (Wildman–Crippen LogP) is 18.2. The molecule has 0 bridgehead atoms. The van der Waals surface area contributed by atoms with Crippen molar-refractivity contribution in [1.82, 2.24) is 0 Å². The molecule has 65 heavy (non-hydrogen) atoms. The quantitative estimate of drug-likeness (QED) is 0.0262. The van der Waals surface area contributed by atoms with Gasteiger partial charge in [0.05, 0.1) is 0 Å². The van der Waals surface area contributed by atoms with Crippen molar-refractivity contribution >= 4 is 17.9 Å². The highest BCUT2D eigenvalue weighted by Crippen LogP contribution is 2.15. The van der Waals surface area contributed by atoms with E-state index >= 15 is 0 Å². The van der Waals surface area contributed by atoms with E-state index in [-0.39, 0.29) is 31.1 Å². The molecule has 0 aliphatic heterocycles. The van der Waals surface area contributed by atoms with E-state index in [9.17, 15) is 14.4 Å².